The van der Waals surface area contributed by atoms with Crippen LogP contribution in [0.15, 0.2) is 12.1 Å². The molecular formula is C17H25Cl2N3O2. The minimum Gasteiger partial charge on any atom is -0.504 e. The van der Waals surface area contributed by atoms with Crippen LogP contribution >= 0.6 is 24.8 Å². The van der Waals surface area contributed by atoms with E-state index in [0.717, 1.165) is 31.7 Å². The summed E-state index contributed by atoms with van der Waals surface area (Å²) in [4.78, 5) is 2.44. The summed E-state index contributed by atoms with van der Waals surface area (Å²) in [5, 5.41) is 23.2. The predicted octanol–water partition coefficient (Wildman–Crippen LogP) is 2.86. The predicted molar refractivity (Wildman–Crippen MR) is 98.4 cm³/mol. The Hall–Kier alpha value is -1.19. The van der Waals surface area contributed by atoms with Gasteiger partial charge in [0.1, 0.15) is 0 Å². The van der Waals surface area contributed by atoms with E-state index in [1.54, 1.807) is 6.07 Å². The Morgan fingerprint density at radius 2 is 1.96 bits per heavy atom. The third-order valence-corrected chi connectivity index (χ3v) is 4.91. The number of benzene rings is 1. The highest BCUT2D eigenvalue weighted by Crippen LogP contribution is 2.46. The molecule has 2 fully saturated rings. The van der Waals surface area contributed by atoms with Gasteiger partial charge in [0.05, 0.1) is 18.7 Å². The number of aromatic hydroxyl groups is 1. The first-order chi connectivity index (χ1) is 10.7. The maximum atomic E-state index is 10.6. The quantitative estimate of drug-likeness (QED) is 0.848. The maximum absolute atomic E-state index is 10.6. The molecule has 24 heavy (non-hydrogen) atoms. The minimum absolute atomic E-state index is 0. The van der Waals surface area contributed by atoms with E-state index >= 15 is 0 Å². The van der Waals surface area contributed by atoms with Crippen LogP contribution < -0.4 is 10.1 Å². The normalized spacial score (nSPS) is 19.2. The zero-order valence-electron chi connectivity index (χ0n) is 13.8. The number of nitrogens with zero attached hydrogens (tertiary/aromatic N) is 2. The molecule has 1 aromatic carbocycles. The summed E-state index contributed by atoms with van der Waals surface area (Å²) in [5.41, 5.74) is 1.40. The Balaban J connectivity index is 0.00000144. The topological polar surface area (TPSA) is 68.5 Å². The van der Waals surface area contributed by atoms with Crippen LogP contribution in [0.4, 0.5) is 0 Å². The molecule has 0 radical (unpaired) electrons. The molecule has 0 unspecified atom stereocenters. The SMILES string of the molecule is COc1cc(C#N)cc([C@H](C2CCC2)N2CCNCC2)c1O.Cl.Cl. The fourth-order valence-electron chi connectivity index (χ4n) is 3.54. The lowest BCUT2D eigenvalue weighted by molar-refractivity contribution is 0.0816. The molecule has 0 amide bonds. The summed E-state index contributed by atoms with van der Waals surface area (Å²) in [6.07, 6.45) is 3.63. The number of ether oxygens (including phenoxy) is 1. The zero-order chi connectivity index (χ0) is 15.5. The van der Waals surface area contributed by atoms with E-state index in [4.69, 9.17) is 4.74 Å². The molecule has 1 atom stereocenters. The van der Waals surface area contributed by atoms with Gasteiger partial charge in [0.15, 0.2) is 11.5 Å². The second-order valence-corrected chi connectivity index (χ2v) is 6.15. The fraction of sp³-hybridized carbons (Fsp3) is 0.588. The lowest BCUT2D eigenvalue weighted by Gasteiger charge is -2.43. The first kappa shape index (κ1) is 20.9. The number of piperazine rings is 1. The monoisotopic (exact) mass is 373 g/mol. The zero-order valence-corrected chi connectivity index (χ0v) is 15.5. The molecular weight excluding hydrogens is 349 g/mol. The number of phenolic OH excluding ortho intramolecular Hbond substituents is 1. The van der Waals surface area contributed by atoms with Gasteiger partial charge in [-0.15, -0.1) is 24.8 Å². The van der Waals surface area contributed by atoms with E-state index in [1.165, 1.54) is 26.4 Å². The van der Waals surface area contributed by atoms with Crippen LogP contribution in [0.25, 0.3) is 0 Å². The van der Waals surface area contributed by atoms with E-state index in [1.807, 2.05) is 6.07 Å². The molecule has 0 bridgehead atoms. The smallest absolute Gasteiger partial charge is 0.162 e. The third-order valence-electron chi connectivity index (χ3n) is 4.91. The number of hydrogen-bond donors (Lipinski definition) is 2. The van der Waals surface area contributed by atoms with E-state index in [-0.39, 0.29) is 36.6 Å². The highest BCUT2D eigenvalue weighted by molar-refractivity contribution is 5.85. The molecule has 5 nitrogen and oxygen atoms in total. The lowest BCUT2D eigenvalue weighted by atomic mass is 9.75. The molecule has 2 aliphatic rings. The van der Waals surface area contributed by atoms with Crippen molar-refractivity contribution in [1.82, 2.24) is 10.2 Å². The van der Waals surface area contributed by atoms with Crippen molar-refractivity contribution >= 4 is 24.8 Å². The Morgan fingerprint density at radius 1 is 1.29 bits per heavy atom. The van der Waals surface area contributed by atoms with E-state index in [2.05, 4.69) is 16.3 Å². The van der Waals surface area contributed by atoms with E-state index < -0.39 is 0 Å². The van der Waals surface area contributed by atoms with Crippen LogP contribution in [0.2, 0.25) is 0 Å². The second-order valence-electron chi connectivity index (χ2n) is 6.15. The van der Waals surface area contributed by atoms with Crippen LogP contribution in [-0.4, -0.2) is 43.3 Å². The summed E-state index contributed by atoms with van der Waals surface area (Å²) in [6, 6.07) is 5.80. The van der Waals surface area contributed by atoms with Gasteiger partial charge in [-0.1, -0.05) is 6.42 Å². The van der Waals surface area contributed by atoms with Crippen molar-refractivity contribution in [3.05, 3.63) is 23.3 Å². The van der Waals surface area contributed by atoms with Gasteiger partial charge in [0, 0.05) is 43.9 Å². The third kappa shape index (κ3) is 4.07. The molecule has 0 aromatic heterocycles. The molecule has 3 rings (SSSR count). The van der Waals surface area contributed by atoms with Crippen LogP contribution in [-0.2, 0) is 0 Å². The fourth-order valence-corrected chi connectivity index (χ4v) is 3.54. The van der Waals surface area contributed by atoms with Crippen LogP contribution in [0.3, 0.4) is 0 Å². The number of hydrogen-bond acceptors (Lipinski definition) is 5. The molecule has 1 aromatic rings. The average Bonchev–Trinajstić information content (AvgIpc) is 2.52. The molecule has 1 saturated heterocycles. The molecule has 7 heteroatoms. The summed E-state index contributed by atoms with van der Waals surface area (Å²) in [7, 11) is 1.53. The van der Waals surface area contributed by atoms with Crippen LogP contribution in [0, 0.1) is 17.2 Å². The summed E-state index contributed by atoms with van der Waals surface area (Å²) >= 11 is 0. The van der Waals surface area contributed by atoms with E-state index in [0.29, 0.717) is 17.2 Å². The minimum atomic E-state index is 0. The second kappa shape index (κ2) is 9.33. The molecule has 0 spiro atoms. The first-order valence-electron chi connectivity index (χ1n) is 8.00. The number of halogens is 2. The van der Waals surface area contributed by atoms with Gasteiger partial charge in [0.2, 0.25) is 0 Å². The molecule has 1 heterocycles. The highest BCUT2D eigenvalue weighted by atomic mass is 35.5. The Kier molecular flexibility index (Phi) is 8.11. The van der Waals surface area contributed by atoms with Crippen LogP contribution in [0.5, 0.6) is 11.5 Å². The van der Waals surface area contributed by atoms with Gasteiger partial charge in [0.25, 0.3) is 0 Å². The van der Waals surface area contributed by atoms with E-state index in [9.17, 15) is 10.4 Å². The number of phenols is 1. The Labute approximate surface area is 155 Å². The largest absolute Gasteiger partial charge is 0.504 e. The van der Waals surface area contributed by atoms with Crippen molar-refractivity contribution in [2.75, 3.05) is 33.3 Å². The molecule has 1 aliphatic heterocycles. The Bertz CT molecular complexity index is 582. The Morgan fingerprint density at radius 3 is 2.46 bits per heavy atom. The maximum Gasteiger partial charge on any atom is 0.162 e. The first-order valence-corrected chi connectivity index (χ1v) is 8.00. The summed E-state index contributed by atoms with van der Waals surface area (Å²) < 4.78 is 5.27. The molecule has 1 saturated carbocycles. The van der Waals surface area contributed by atoms with Gasteiger partial charge in [-0.2, -0.15) is 5.26 Å². The van der Waals surface area contributed by atoms with Gasteiger partial charge >= 0.3 is 0 Å². The number of nitrogens with one attached hydrogen (secondary N) is 1. The lowest BCUT2D eigenvalue weighted by Crippen LogP contribution is -2.47. The standard InChI is InChI=1S/C17H23N3O2.2ClH/c1-22-15-10-12(11-18)9-14(17(15)21)16(13-3-2-4-13)20-7-5-19-6-8-20;;/h9-10,13,16,19,21H,2-8H2,1H3;2*1H/t16-;;/m0../s1. The van der Waals surface area contributed by atoms with Gasteiger partial charge in [-0.3, -0.25) is 4.90 Å². The number of rotatable bonds is 4. The number of methoxy groups -OCH3 is 1. The molecule has 1 aliphatic carbocycles. The van der Waals surface area contributed by atoms with Gasteiger partial charge in [-0.05, 0) is 24.8 Å². The van der Waals surface area contributed by atoms with Gasteiger partial charge < -0.3 is 15.2 Å². The van der Waals surface area contributed by atoms with Gasteiger partial charge in [-0.25, -0.2) is 0 Å². The van der Waals surface area contributed by atoms with Crippen molar-refractivity contribution in [1.29, 1.82) is 5.26 Å². The molecule has 134 valence electrons. The number of nitriles is 1. The van der Waals surface area contributed by atoms with Crippen molar-refractivity contribution in [3.63, 3.8) is 0 Å². The molecule has 2 N–H and O–H groups in total. The van der Waals surface area contributed by atoms with Crippen molar-refractivity contribution in [3.8, 4) is 17.6 Å². The average molecular weight is 374 g/mol. The summed E-state index contributed by atoms with van der Waals surface area (Å²) in [6.45, 7) is 3.89. The summed E-state index contributed by atoms with van der Waals surface area (Å²) in [5.74, 6) is 1.15. The van der Waals surface area contributed by atoms with Crippen molar-refractivity contribution in [2.24, 2.45) is 5.92 Å². The highest BCUT2D eigenvalue weighted by Gasteiger charge is 2.35. The van der Waals surface area contributed by atoms with Crippen LogP contribution in [0.1, 0.15) is 36.4 Å². The van der Waals surface area contributed by atoms with Crippen molar-refractivity contribution in [2.45, 2.75) is 25.3 Å². The van der Waals surface area contributed by atoms with Crippen molar-refractivity contribution < 1.29 is 9.84 Å².